The Morgan fingerprint density at radius 3 is 2.76 bits per heavy atom. The minimum Gasteiger partial charge on any atom is -0.355 e. The van der Waals surface area contributed by atoms with Gasteiger partial charge in [0.15, 0.2) is 5.96 Å². The van der Waals surface area contributed by atoms with Gasteiger partial charge in [0.05, 0.1) is 6.04 Å². The van der Waals surface area contributed by atoms with Crippen LogP contribution in [0.3, 0.4) is 0 Å². The van der Waals surface area contributed by atoms with E-state index in [1.807, 2.05) is 18.7 Å². The van der Waals surface area contributed by atoms with Crippen molar-refractivity contribution in [1.82, 2.24) is 30.3 Å². The van der Waals surface area contributed by atoms with E-state index >= 15 is 0 Å². The Kier molecular flexibility index (Phi) is 7.92. The van der Waals surface area contributed by atoms with E-state index in [9.17, 15) is 0 Å². The highest BCUT2D eigenvalue weighted by Crippen LogP contribution is 2.23. The molecule has 25 heavy (non-hydrogen) atoms. The molecule has 0 radical (unpaired) electrons. The molecule has 0 spiro atoms. The highest BCUT2D eigenvalue weighted by molar-refractivity contribution is 14.0. The van der Waals surface area contributed by atoms with Crippen molar-refractivity contribution in [2.24, 2.45) is 4.99 Å². The van der Waals surface area contributed by atoms with Crippen molar-refractivity contribution in [3.63, 3.8) is 0 Å². The Labute approximate surface area is 168 Å². The molecule has 1 fully saturated rings. The Hall–Kier alpha value is -0.900. The van der Waals surface area contributed by atoms with E-state index in [2.05, 4.69) is 37.7 Å². The van der Waals surface area contributed by atoms with Crippen molar-refractivity contribution in [2.75, 3.05) is 27.2 Å². The van der Waals surface area contributed by atoms with Gasteiger partial charge in [0, 0.05) is 32.7 Å². The molecule has 8 heteroatoms. The largest absolute Gasteiger partial charge is 0.355 e. The number of nitrogens with zero attached hydrogens (tertiary/aromatic N) is 5. The van der Waals surface area contributed by atoms with Crippen LogP contribution in [0.1, 0.15) is 56.2 Å². The van der Waals surface area contributed by atoms with Crippen molar-refractivity contribution in [2.45, 2.75) is 64.1 Å². The van der Waals surface area contributed by atoms with Crippen LogP contribution in [-0.2, 0) is 6.54 Å². The van der Waals surface area contributed by atoms with Gasteiger partial charge in [0.2, 0.25) is 0 Å². The molecule has 0 bridgehead atoms. The van der Waals surface area contributed by atoms with Crippen molar-refractivity contribution in [3.8, 4) is 0 Å². The third-order valence-electron chi connectivity index (χ3n) is 5.22. The van der Waals surface area contributed by atoms with E-state index in [0.29, 0.717) is 0 Å². The molecule has 0 saturated heterocycles. The zero-order valence-corrected chi connectivity index (χ0v) is 18.0. The molecule has 142 valence electrons. The number of halogens is 1. The first-order valence-electron chi connectivity index (χ1n) is 9.26. The summed E-state index contributed by atoms with van der Waals surface area (Å²) < 4.78 is 2.03. The van der Waals surface area contributed by atoms with Gasteiger partial charge in [-0.3, -0.25) is 4.99 Å². The number of nitrogens with one attached hydrogen (secondary N) is 2. The Morgan fingerprint density at radius 2 is 2.04 bits per heavy atom. The first-order chi connectivity index (χ1) is 11.7. The van der Waals surface area contributed by atoms with Crippen LogP contribution >= 0.6 is 24.0 Å². The average Bonchev–Trinajstić information content (AvgIpc) is 3.22. The summed E-state index contributed by atoms with van der Waals surface area (Å²) in [5.74, 6) is 2.73. The molecular weight excluding hydrogens is 429 g/mol. The molecule has 1 aromatic heterocycles. The third-order valence-corrected chi connectivity index (χ3v) is 5.22. The molecule has 0 amide bonds. The summed E-state index contributed by atoms with van der Waals surface area (Å²) in [6.45, 7) is 4.87. The predicted octanol–water partition coefficient (Wildman–Crippen LogP) is 2.08. The lowest BCUT2D eigenvalue weighted by atomic mass is 10.1. The van der Waals surface area contributed by atoms with Crippen LogP contribution in [0, 0.1) is 6.92 Å². The first kappa shape index (κ1) is 20.4. The van der Waals surface area contributed by atoms with Crippen molar-refractivity contribution in [3.05, 3.63) is 11.6 Å². The van der Waals surface area contributed by atoms with Crippen LogP contribution in [-0.4, -0.2) is 58.9 Å². The highest BCUT2D eigenvalue weighted by atomic mass is 127. The van der Waals surface area contributed by atoms with Gasteiger partial charge < -0.3 is 15.5 Å². The fourth-order valence-corrected chi connectivity index (χ4v) is 3.84. The van der Waals surface area contributed by atoms with Gasteiger partial charge >= 0.3 is 0 Å². The number of fused-ring (bicyclic) bond motifs is 1. The molecule has 1 atom stereocenters. The second kappa shape index (κ2) is 9.70. The third kappa shape index (κ3) is 5.29. The second-order valence-electron chi connectivity index (χ2n) is 7.00. The molecule has 7 nitrogen and oxygen atoms in total. The number of aliphatic imine (C=N–C) groups is 1. The average molecular weight is 461 g/mol. The van der Waals surface area contributed by atoms with Crippen molar-refractivity contribution < 1.29 is 0 Å². The molecule has 0 aromatic carbocycles. The Bertz CT molecular complexity index is 565. The van der Waals surface area contributed by atoms with E-state index < -0.39 is 0 Å². The molecule has 1 aliphatic carbocycles. The van der Waals surface area contributed by atoms with Gasteiger partial charge in [-0.2, -0.15) is 5.10 Å². The minimum atomic E-state index is 0. The van der Waals surface area contributed by atoms with Gasteiger partial charge in [-0.1, -0.05) is 12.8 Å². The van der Waals surface area contributed by atoms with Gasteiger partial charge in [0.25, 0.3) is 0 Å². The lowest BCUT2D eigenvalue weighted by Crippen LogP contribution is -2.44. The van der Waals surface area contributed by atoms with Crippen LogP contribution in [0.2, 0.25) is 0 Å². The second-order valence-corrected chi connectivity index (χ2v) is 7.00. The molecular formula is C17H32IN7. The van der Waals surface area contributed by atoms with Crippen molar-refractivity contribution in [1.29, 1.82) is 0 Å². The number of aryl methyl sites for hydroxylation is 2. The van der Waals surface area contributed by atoms with Gasteiger partial charge in [0.1, 0.15) is 11.6 Å². The number of aromatic nitrogens is 3. The van der Waals surface area contributed by atoms with Crippen LogP contribution in [0.5, 0.6) is 0 Å². The van der Waals surface area contributed by atoms with Crippen LogP contribution in [0.15, 0.2) is 4.99 Å². The lowest BCUT2D eigenvalue weighted by molar-refractivity contribution is 0.249. The number of hydrogen-bond donors (Lipinski definition) is 2. The maximum atomic E-state index is 4.58. The number of hydrogen-bond acceptors (Lipinski definition) is 4. The fourth-order valence-electron chi connectivity index (χ4n) is 3.84. The van der Waals surface area contributed by atoms with Crippen LogP contribution < -0.4 is 10.6 Å². The smallest absolute Gasteiger partial charge is 0.191 e. The molecule has 2 N–H and O–H groups in total. The first-order valence-corrected chi connectivity index (χ1v) is 9.26. The summed E-state index contributed by atoms with van der Waals surface area (Å²) in [6.07, 6.45) is 7.65. The number of likely N-dealkylation sites (N-methyl/N-ethyl adjacent to an activating group) is 1. The zero-order chi connectivity index (χ0) is 16.9. The zero-order valence-electron chi connectivity index (χ0n) is 15.7. The molecule has 2 aliphatic rings. The maximum Gasteiger partial charge on any atom is 0.191 e. The summed E-state index contributed by atoms with van der Waals surface area (Å²) >= 11 is 0. The SMILES string of the molecule is CN=C(NCCN(C)C1CCCC1)NC1CCCn2nc(C)nc21.I. The molecule has 3 rings (SSSR count). The van der Waals surface area contributed by atoms with Crippen molar-refractivity contribution >= 4 is 29.9 Å². The normalized spacial score (nSPS) is 21.1. The lowest BCUT2D eigenvalue weighted by Gasteiger charge is -2.26. The number of rotatable bonds is 5. The summed E-state index contributed by atoms with van der Waals surface area (Å²) in [5.41, 5.74) is 0. The van der Waals surface area contributed by atoms with E-state index in [1.165, 1.54) is 25.7 Å². The Morgan fingerprint density at radius 1 is 1.28 bits per heavy atom. The highest BCUT2D eigenvalue weighted by Gasteiger charge is 2.24. The summed E-state index contributed by atoms with van der Waals surface area (Å²) in [4.78, 5) is 11.4. The molecule has 1 unspecified atom stereocenters. The number of guanidine groups is 1. The van der Waals surface area contributed by atoms with Gasteiger partial charge in [-0.15, -0.1) is 24.0 Å². The Balaban J connectivity index is 0.00000225. The fraction of sp³-hybridized carbons (Fsp3) is 0.824. The molecule has 1 saturated carbocycles. The van der Waals surface area contributed by atoms with Crippen LogP contribution in [0.25, 0.3) is 0 Å². The quantitative estimate of drug-likeness (QED) is 0.399. The standard InChI is InChI=1S/C17H31N7.HI/c1-13-20-16-15(9-6-11-24(16)22-13)21-17(18-2)19-10-12-23(3)14-7-4-5-8-14;/h14-15H,4-12H2,1-3H3,(H2,18,19,21);1H. The summed E-state index contributed by atoms with van der Waals surface area (Å²) in [7, 11) is 4.06. The van der Waals surface area contributed by atoms with E-state index in [0.717, 1.165) is 56.1 Å². The summed E-state index contributed by atoms with van der Waals surface area (Å²) in [5, 5.41) is 11.4. The minimum absolute atomic E-state index is 0. The predicted molar refractivity (Wildman–Crippen MR) is 112 cm³/mol. The van der Waals surface area contributed by atoms with E-state index in [4.69, 9.17) is 0 Å². The molecule has 1 aliphatic heterocycles. The topological polar surface area (TPSA) is 70.4 Å². The van der Waals surface area contributed by atoms with Crippen LogP contribution in [0.4, 0.5) is 0 Å². The van der Waals surface area contributed by atoms with Gasteiger partial charge in [-0.05, 0) is 39.7 Å². The van der Waals surface area contributed by atoms with E-state index in [-0.39, 0.29) is 30.0 Å². The van der Waals surface area contributed by atoms with E-state index in [1.54, 1.807) is 0 Å². The molecule has 2 heterocycles. The van der Waals surface area contributed by atoms with Gasteiger partial charge in [-0.25, -0.2) is 9.67 Å². The monoisotopic (exact) mass is 461 g/mol. The molecule has 1 aromatic rings. The summed E-state index contributed by atoms with van der Waals surface area (Å²) in [6, 6.07) is 0.959. The maximum absolute atomic E-state index is 4.58.